The molecular weight excluding hydrogens is 152 g/mol. The number of piperazine rings is 1. The Bertz CT molecular complexity index is 170. The summed E-state index contributed by atoms with van der Waals surface area (Å²) in [4.78, 5) is 15.4. The van der Waals surface area contributed by atoms with Crippen molar-refractivity contribution >= 4 is 5.91 Å². The molecule has 0 bridgehead atoms. The molecule has 0 aromatic heterocycles. The molecule has 0 radical (unpaired) electrons. The van der Waals surface area contributed by atoms with E-state index in [9.17, 15) is 4.79 Å². The summed E-state index contributed by atoms with van der Waals surface area (Å²) < 4.78 is 0. The Morgan fingerprint density at radius 3 is 2.58 bits per heavy atom. The summed E-state index contributed by atoms with van der Waals surface area (Å²) in [7, 11) is 0. The van der Waals surface area contributed by atoms with Gasteiger partial charge in [-0.1, -0.05) is 6.92 Å². The highest BCUT2D eigenvalue weighted by atomic mass is 16.2. The number of likely N-dealkylation sites (N-methyl/N-ethyl adjacent to an activating group) is 1. The van der Waals surface area contributed by atoms with Gasteiger partial charge < -0.3 is 4.90 Å². The molecule has 0 aromatic rings. The lowest BCUT2D eigenvalue weighted by Gasteiger charge is -2.38. The minimum Gasteiger partial charge on any atom is -0.338 e. The molecule has 1 amide bonds. The third kappa shape index (κ3) is 1.97. The van der Waals surface area contributed by atoms with E-state index in [1.165, 1.54) is 0 Å². The predicted octanol–water partition coefficient (Wildman–Crippen LogP) is 0.559. The van der Waals surface area contributed by atoms with Crippen LogP contribution in [0.1, 0.15) is 20.8 Å². The fourth-order valence-corrected chi connectivity index (χ4v) is 1.79. The van der Waals surface area contributed by atoms with Gasteiger partial charge in [0.05, 0.1) is 0 Å². The zero-order chi connectivity index (χ0) is 9.14. The first-order chi connectivity index (χ1) is 5.65. The van der Waals surface area contributed by atoms with Crippen molar-refractivity contribution in [1.82, 2.24) is 9.80 Å². The molecule has 0 N–H and O–H groups in total. The van der Waals surface area contributed by atoms with E-state index in [-0.39, 0.29) is 5.91 Å². The molecule has 3 nitrogen and oxygen atoms in total. The normalized spacial score (nSPS) is 25.9. The van der Waals surface area contributed by atoms with Crippen LogP contribution in [-0.4, -0.2) is 47.9 Å². The van der Waals surface area contributed by atoms with Gasteiger partial charge in [0.15, 0.2) is 0 Å². The summed E-state index contributed by atoms with van der Waals surface area (Å²) >= 11 is 0. The number of carbonyl (C=O) groups is 1. The van der Waals surface area contributed by atoms with E-state index in [0.717, 1.165) is 26.2 Å². The summed E-state index contributed by atoms with van der Waals surface area (Å²) in [6.07, 6.45) is 0. The van der Waals surface area contributed by atoms with Gasteiger partial charge in [-0.3, -0.25) is 9.69 Å². The van der Waals surface area contributed by atoms with Crippen molar-refractivity contribution in [3.8, 4) is 0 Å². The minimum absolute atomic E-state index is 0.207. The Hall–Kier alpha value is -0.570. The van der Waals surface area contributed by atoms with Crippen LogP contribution in [0.25, 0.3) is 0 Å². The molecule has 1 aliphatic rings. The first-order valence-corrected chi connectivity index (χ1v) is 4.64. The molecule has 3 heteroatoms. The molecule has 0 aromatic carbocycles. The highest BCUT2D eigenvalue weighted by Gasteiger charge is 2.23. The van der Waals surface area contributed by atoms with E-state index < -0.39 is 0 Å². The van der Waals surface area contributed by atoms with Crippen molar-refractivity contribution in [2.24, 2.45) is 0 Å². The van der Waals surface area contributed by atoms with Crippen LogP contribution in [0.15, 0.2) is 0 Å². The van der Waals surface area contributed by atoms with Gasteiger partial charge in [0.25, 0.3) is 0 Å². The van der Waals surface area contributed by atoms with E-state index in [2.05, 4.69) is 18.7 Å². The van der Waals surface area contributed by atoms with E-state index in [1.807, 2.05) is 4.90 Å². The molecule has 0 saturated carbocycles. The van der Waals surface area contributed by atoms with Crippen molar-refractivity contribution in [2.75, 3.05) is 26.2 Å². The van der Waals surface area contributed by atoms with Crippen LogP contribution in [0, 0.1) is 0 Å². The second-order valence-corrected chi connectivity index (χ2v) is 3.45. The molecule has 0 unspecified atom stereocenters. The third-order valence-corrected chi connectivity index (χ3v) is 2.56. The van der Waals surface area contributed by atoms with Crippen molar-refractivity contribution in [3.05, 3.63) is 0 Å². The molecule has 1 rings (SSSR count). The highest BCUT2D eigenvalue weighted by Crippen LogP contribution is 2.08. The molecule has 12 heavy (non-hydrogen) atoms. The largest absolute Gasteiger partial charge is 0.338 e. The summed E-state index contributed by atoms with van der Waals surface area (Å²) in [5, 5.41) is 0. The molecule has 1 fully saturated rings. The number of amides is 1. The molecule has 70 valence electrons. The van der Waals surface area contributed by atoms with Crippen molar-refractivity contribution in [1.29, 1.82) is 0 Å². The van der Waals surface area contributed by atoms with Gasteiger partial charge in [-0.15, -0.1) is 0 Å². The summed E-state index contributed by atoms with van der Waals surface area (Å²) in [5.41, 5.74) is 0. The predicted molar refractivity (Wildman–Crippen MR) is 49.0 cm³/mol. The highest BCUT2D eigenvalue weighted by molar-refractivity contribution is 5.73. The van der Waals surface area contributed by atoms with E-state index in [4.69, 9.17) is 0 Å². The number of hydrogen-bond donors (Lipinski definition) is 0. The lowest BCUT2D eigenvalue weighted by atomic mass is 10.2. The lowest BCUT2D eigenvalue weighted by Crippen LogP contribution is -2.53. The van der Waals surface area contributed by atoms with Gasteiger partial charge in [0.2, 0.25) is 5.91 Å². The van der Waals surface area contributed by atoms with Crippen molar-refractivity contribution in [3.63, 3.8) is 0 Å². The fourth-order valence-electron chi connectivity index (χ4n) is 1.79. The Labute approximate surface area is 74.3 Å². The van der Waals surface area contributed by atoms with Crippen LogP contribution >= 0.6 is 0 Å². The molecule has 1 aliphatic heterocycles. The number of carbonyl (C=O) groups excluding carboxylic acids is 1. The summed E-state index contributed by atoms with van der Waals surface area (Å²) in [6.45, 7) is 9.97. The number of rotatable bonds is 1. The maximum absolute atomic E-state index is 11.1. The van der Waals surface area contributed by atoms with Crippen LogP contribution < -0.4 is 0 Å². The van der Waals surface area contributed by atoms with Crippen molar-refractivity contribution in [2.45, 2.75) is 26.8 Å². The SMILES string of the molecule is CCN1CCN(C(C)=O)[C@H](C)C1. The molecule has 1 saturated heterocycles. The first kappa shape index (κ1) is 9.52. The second kappa shape index (κ2) is 3.90. The maximum Gasteiger partial charge on any atom is 0.219 e. The van der Waals surface area contributed by atoms with Gasteiger partial charge in [0, 0.05) is 32.6 Å². The Morgan fingerprint density at radius 1 is 1.50 bits per heavy atom. The number of nitrogens with zero attached hydrogens (tertiary/aromatic N) is 2. The monoisotopic (exact) mass is 170 g/mol. The van der Waals surface area contributed by atoms with Gasteiger partial charge in [-0.05, 0) is 13.5 Å². The molecule has 0 aliphatic carbocycles. The summed E-state index contributed by atoms with van der Waals surface area (Å²) in [6, 6.07) is 0.385. The van der Waals surface area contributed by atoms with E-state index >= 15 is 0 Å². The summed E-state index contributed by atoms with van der Waals surface area (Å²) in [5.74, 6) is 0.207. The molecule has 1 heterocycles. The van der Waals surface area contributed by atoms with Gasteiger partial charge in [0.1, 0.15) is 0 Å². The van der Waals surface area contributed by atoms with Crippen LogP contribution in [0.2, 0.25) is 0 Å². The lowest BCUT2D eigenvalue weighted by molar-refractivity contribution is -0.133. The standard InChI is InChI=1S/C9H18N2O/c1-4-10-5-6-11(9(3)12)8(2)7-10/h8H,4-7H2,1-3H3/t8-/m1/s1. The van der Waals surface area contributed by atoms with Crippen molar-refractivity contribution < 1.29 is 4.79 Å². The van der Waals surface area contributed by atoms with Gasteiger partial charge in [-0.2, -0.15) is 0 Å². The maximum atomic E-state index is 11.1. The second-order valence-electron chi connectivity index (χ2n) is 3.45. The van der Waals surface area contributed by atoms with E-state index in [1.54, 1.807) is 6.92 Å². The van der Waals surface area contributed by atoms with Crippen LogP contribution in [-0.2, 0) is 4.79 Å². The zero-order valence-electron chi connectivity index (χ0n) is 8.21. The van der Waals surface area contributed by atoms with Crippen LogP contribution in [0.3, 0.4) is 0 Å². The van der Waals surface area contributed by atoms with E-state index in [0.29, 0.717) is 6.04 Å². The van der Waals surface area contributed by atoms with Gasteiger partial charge in [-0.25, -0.2) is 0 Å². The zero-order valence-corrected chi connectivity index (χ0v) is 8.21. The van der Waals surface area contributed by atoms with Crippen LogP contribution in [0.4, 0.5) is 0 Å². The average molecular weight is 170 g/mol. The molecular formula is C9H18N2O. The molecule has 0 spiro atoms. The quantitative estimate of drug-likeness (QED) is 0.574. The molecule has 1 atom stereocenters. The first-order valence-electron chi connectivity index (χ1n) is 4.64. The van der Waals surface area contributed by atoms with Crippen LogP contribution in [0.5, 0.6) is 0 Å². The van der Waals surface area contributed by atoms with Gasteiger partial charge >= 0.3 is 0 Å². The number of hydrogen-bond acceptors (Lipinski definition) is 2. The topological polar surface area (TPSA) is 23.6 Å². The minimum atomic E-state index is 0.207. The Kier molecular flexibility index (Phi) is 3.09. The average Bonchev–Trinajstić information content (AvgIpc) is 2.03. The third-order valence-electron chi connectivity index (χ3n) is 2.56. The Morgan fingerprint density at radius 2 is 2.17 bits per heavy atom. The Balaban J connectivity index is 2.47. The fraction of sp³-hybridized carbons (Fsp3) is 0.889. The smallest absolute Gasteiger partial charge is 0.219 e.